The van der Waals surface area contributed by atoms with Crippen LogP contribution in [0, 0.1) is 5.41 Å². The van der Waals surface area contributed by atoms with Crippen LogP contribution in [0.15, 0.2) is 12.7 Å². The Morgan fingerprint density at radius 2 is 0.971 bits per heavy atom. The lowest BCUT2D eigenvalue weighted by Gasteiger charge is -2.14. The van der Waals surface area contributed by atoms with Crippen molar-refractivity contribution in [2.75, 3.05) is 7.11 Å². The van der Waals surface area contributed by atoms with Gasteiger partial charge in [0.2, 0.25) is 0 Å². The van der Waals surface area contributed by atoms with Crippen molar-refractivity contribution in [2.45, 2.75) is 156 Å². The molecule has 4 nitrogen and oxygen atoms in total. The fraction of sp³-hybridized carbons (Fsp3) is 0.867. The summed E-state index contributed by atoms with van der Waals surface area (Å²) in [7, 11) is 1.46. The van der Waals surface area contributed by atoms with Crippen molar-refractivity contribution >= 4 is 11.9 Å². The number of carboxylic acid groups (broad SMARTS) is 1. The average molecular weight is 483 g/mol. The summed E-state index contributed by atoms with van der Waals surface area (Å²) >= 11 is 0. The van der Waals surface area contributed by atoms with Crippen molar-refractivity contribution in [2.24, 2.45) is 5.41 Å². The molecule has 0 aromatic heterocycles. The molecular weight excluding hydrogens is 424 g/mol. The summed E-state index contributed by atoms with van der Waals surface area (Å²) in [6.07, 6.45) is 26.7. The first kappa shape index (κ1) is 34.8. The normalized spacial score (nSPS) is 10.9. The molecule has 0 bridgehead atoms. The Balaban J connectivity index is 0. The van der Waals surface area contributed by atoms with Gasteiger partial charge in [0.05, 0.1) is 7.11 Å². The maximum Gasteiger partial charge on any atom is 0.305 e. The molecule has 0 fully saturated rings. The van der Waals surface area contributed by atoms with Crippen molar-refractivity contribution in [3.63, 3.8) is 0 Å². The Morgan fingerprint density at radius 3 is 1.18 bits per heavy atom. The number of allylic oxidation sites excluding steroid dienone is 1. The van der Waals surface area contributed by atoms with E-state index >= 15 is 0 Å². The number of hydrogen-bond donors (Lipinski definition) is 1. The van der Waals surface area contributed by atoms with Crippen molar-refractivity contribution in [1.82, 2.24) is 0 Å². The Morgan fingerprint density at radius 1 is 0.676 bits per heavy atom. The number of carbonyl (C=O) groups excluding carboxylic acids is 1. The van der Waals surface area contributed by atoms with Gasteiger partial charge in [0.1, 0.15) is 0 Å². The highest BCUT2D eigenvalue weighted by molar-refractivity contribution is 5.69. The molecule has 0 aliphatic heterocycles. The number of carbonyl (C=O) groups is 2. The van der Waals surface area contributed by atoms with Gasteiger partial charge in [0.15, 0.2) is 0 Å². The predicted molar refractivity (Wildman–Crippen MR) is 146 cm³/mol. The molecule has 0 heterocycles. The third-order valence-corrected chi connectivity index (χ3v) is 6.71. The van der Waals surface area contributed by atoms with Crippen LogP contribution in [0.2, 0.25) is 0 Å². The monoisotopic (exact) mass is 482 g/mol. The molecule has 0 radical (unpaired) electrons. The van der Waals surface area contributed by atoms with Crippen LogP contribution in [0.3, 0.4) is 0 Å². The maximum absolute atomic E-state index is 11.0. The summed E-state index contributed by atoms with van der Waals surface area (Å²) < 4.78 is 4.64. The van der Waals surface area contributed by atoms with E-state index in [1.165, 1.54) is 103 Å². The molecule has 0 unspecified atom stereocenters. The predicted octanol–water partition coefficient (Wildman–Crippen LogP) is 9.65. The molecule has 0 aliphatic rings. The van der Waals surface area contributed by atoms with Gasteiger partial charge in [-0.25, -0.2) is 0 Å². The third kappa shape index (κ3) is 30.7. The van der Waals surface area contributed by atoms with E-state index in [0.717, 1.165) is 25.7 Å². The Kier molecular flexibility index (Phi) is 26.9. The molecule has 1 N–H and O–H groups in total. The van der Waals surface area contributed by atoms with Crippen LogP contribution in [0.4, 0.5) is 0 Å². The van der Waals surface area contributed by atoms with Gasteiger partial charge in [0, 0.05) is 12.8 Å². The average Bonchev–Trinajstić information content (AvgIpc) is 2.82. The highest BCUT2D eigenvalue weighted by Gasteiger charge is 2.06. The van der Waals surface area contributed by atoms with E-state index in [0.29, 0.717) is 18.3 Å². The van der Waals surface area contributed by atoms with E-state index in [4.69, 9.17) is 5.11 Å². The largest absolute Gasteiger partial charge is 0.481 e. The Hall–Kier alpha value is -1.32. The van der Waals surface area contributed by atoms with Crippen molar-refractivity contribution < 1.29 is 19.4 Å². The number of ether oxygens (including phenoxy) is 1. The zero-order chi connectivity index (χ0) is 25.9. The highest BCUT2D eigenvalue weighted by atomic mass is 16.5. The maximum atomic E-state index is 11.0. The second-order valence-corrected chi connectivity index (χ2v) is 10.4. The first-order valence-electron chi connectivity index (χ1n) is 14.2. The molecule has 0 saturated carbocycles. The molecule has 0 rings (SSSR count). The first-order valence-corrected chi connectivity index (χ1v) is 14.2. The van der Waals surface area contributed by atoms with Gasteiger partial charge in [-0.15, -0.1) is 6.58 Å². The van der Waals surface area contributed by atoms with E-state index in [9.17, 15) is 9.59 Å². The zero-order valence-electron chi connectivity index (χ0n) is 23.3. The summed E-state index contributed by atoms with van der Waals surface area (Å²) in [6.45, 7) is 10.2. The lowest BCUT2D eigenvalue weighted by molar-refractivity contribution is -0.141. The standard InChI is InChI=1S/C23H44O4.C7H14/c1-27-23(26)21-19-17-15-13-11-9-7-5-3-2-4-6-8-10-12-14-16-18-20-22(24)25;1-5-7(3,4)6-2/h2-21H2,1H3,(H,24,25);5H,1,6H2,2-4H3. The molecule has 0 amide bonds. The molecular formula is C30H58O4. The van der Waals surface area contributed by atoms with E-state index in [-0.39, 0.29) is 5.97 Å². The highest BCUT2D eigenvalue weighted by Crippen LogP contribution is 2.19. The minimum atomic E-state index is -0.664. The Bertz CT molecular complexity index is 470. The number of unbranched alkanes of at least 4 members (excludes halogenated alkanes) is 17. The van der Waals surface area contributed by atoms with E-state index < -0.39 is 5.97 Å². The molecule has 0 aromatic carbocycles. The van der Waals surface area contributed by atoms with Crippen LogP contribution in [-0.2, 0) is 14.3 Å². The molecule has 0 aromatic rings. The molecule has 34 heavy (non-hydrogen) atoms. The van der Waals surface area contributed by atoms with E-state index in [1.54, 1.807) is 0 Å². The van der Waals surface area contributed by atoms with Gasteiger partial charge in [0.25, 0.3) is 0 Å². The summed E-state index contributed by atoms with van der Waals surface area (Å²) in [6, 6.07) is 0. The number of hydrogen-bond acceptors (Lipinski definition) is 3. The molecule has 202 valence electrons. The van der Waals surface area contributed by atoms with Crippen molar-refractivity contribution in [3.8, 4) is 0 Å². The summed E-state index contributed by atoms with van der Waals surface area (Å²) in [5.74, 6) is -0.745. The molecule has 0 saturated heterocycles. The van der Waals surface area contributed by atoms with Gasteiger partial charge >= 0.3 is 11.9 Å². The quantitative estimate of drug-likeness (QED) is 0.0894. The number of rotatable bonds is 23. The number of methoxy groups -OCH3 is 1. The number of aliphatic carboxylic acids is 1. The van der Waals surface area contributed by atoms with Crippen LogP contribution < -0.4 is 0 Å². The summed E-state index contributed by atoms with van der Waals surface area (Å²) in [5, 5.41) is 8.57. The van der Waals surface area contributed by atoms with Crippen LogP contribution in [0.5, 0.6) is 0 Å². The smallest absolute Gasteiger partial charge is 0.305 e. The zero-order valence-corrected chi connectivity index (χ0v) is 23.3. The van der Waals surface area contributed by atoms with Crippen molar-refractivity contribution in [3.05, 3.63) is 12.7 Å². The fourth-order valence-electron chi connectivity index (χ4n) is 3.62. The molecule has 0 aliphatic carbocycles. The lowest BCUT2D eigenvalue weighted by atomic mass is 9.91. The SMILES string of the molecule is C=CC(C)(C)CC.COC(=O)CCCCCCCCCCCCCCCCCCCCC(=O)O. The van der Waals surface area contributed by atoms with Gasteiger partial charge in [-0.05, 0) is 24.7 Å². The van der Waals surface area contributed by atoms with E-state index in [1.807, 2.05) is 6.08 Å². The lowest BCUT2D eigenvalue weighted by Crippen LogP contribution is -2.02. The van der Waals surface area contributed by atoms with Gasteiger partial charge in [-0.3, -0.25) is 9.59 Å². The fourth-order valence-corrected chi connectivity index (χ4v) is 3.62. The van der Waals surface area contributed by atoms with Gasteiger partial charge < -0.3 is 9.84 Å². The Labute approximate surface area is 212 Å². The van der Waals surface area contributed by atoms with E-state index in [2.05, 4.69) is 32.1 Å². The second kappa shape index (κ2) is 26.3. The van der Waals surface area contributed by atoms with Crippen LogP contribution >= 0.6 is 0 Å². The van der Waals surface area contributed by atoms with Gasteiger partial charge in [-0.1, -0.05) is 130 Å². The minimum absolute atomic E-state index is 0.0806. The van der Waals surface area contributed by atoms with Crippen molar-refractivity contribution in [1.29, 1.82) is 0 Å². The molecule has 0 spiro atoms. The summed E-state index contributed by atoms with van der Waals surface area (Å²) in [5.41, 5.74) is 0.347. The second-order valence-electron chi connectivity index (χ2n) is 10.4. The number of esters is 1. The third-order valence-electron chi connectivity index (χ3n) is 6.71. The van der Waals surface area contributed by atoms with Crippen LogP contribution in [-0.4, -0.2) is 24.2 Å². The molecule has 0 atom stereocenters. The minimum Gasteiger partial charge on any atom is -0.481 e. The first-order chi connectivity index (χ1) is 16.3. The molecule has 4 heteroatoms. The number of carboxylic acids is 1. The van der Waals surface area contributed by atoms with Crippen LogP contribution in [0.25, 0.3) is 0 Å². The van der Waals surface area contributed by atoms with Gasteiger partial charge in [-0.2, -0.15) is 0 Å². The topological polar surface area (TPSA) is 63.6 Å². The van der Waals surface area contributed by atoms with Crippen LogP contribution in [0.1, 0.15) is 156 Å². The summed E-state index contributed by atoms with van der Waals surface area (Å²) in [4.78, 5) is 21.4.